The smallest absolute Gasteiger partial charge is 0.338 e. The zero-order chi connectivity index (χ0) is 16.6. The number of unbranched alkanes of at least 4 members (excludes halogenated alkanes) is 1. The molecule has 0 aliphatic carbocycles. The monoisotopic (exact) mass is 306 g/mol. The van der Waals surface area contributed by atoms with Gasteiger partial charge in [-0.15, -0.1) is 0 Å². The quantitative estimate of drug-likeness (QED) is 0.620. The van der Waals surface area contributed by atoms with E-state index in [1.54, 1.807) is 24.3 Å². The molecule has 0 saturated heterocycles. The van der Waals surface area contributed by atoms with Crippen molar-refractivity contribution in [2.75, 3.05) is 18.5 Å². The molecular formula is C17H26N2O3. The van der Waals surface area contributed by atoms with Crippen LogP contribution in [0.4, 0.5) is 10.5 Å². The average molecular weight is 306 g/mol. The van der Waals surface area contributed by atoms with E-state index < -0.39 is 0 Å². The Labute approximate surface area is 132 Å². The number of hydrogen-bond acceptors (Lipinski definition) is 3. The van der Waals surface area contributed by atoms with E-state index in [4.69, 9.17) is 4.74 Å². The lowest BCUT2D eigenvalue weighted by molar-refractivity contribution is 0.0500. The molecule has 1 aromatic carbocycles. The number of nitrogens with one attached hydrogen (secondary N) is 2. The van der Waals surface area contributed by atoms with Crippen molar-refractivity contribution < 1.29 is 14.3 Å². The molecule has 0 spiro atoms. The zero-order valence-corrected chi connectivity index (χ0v) is 13.9. The van der Waals surface area contributed by atoms with Gasteiger partial charge in [-0.25, -0.2) is 9.59 Å². The first-order chi connectivity index (χ1) is 10.3. The molecule has 0 bridgehead atoms. The van der Waals surface area contributed by atoms with Crippen molar-refractivity contribution in [1.82, 2.24) is 5.32 Å². The van der Waals surface area contributed by atoms with Crippen molar-refractivity contribution >= 4 is 17.7 Å². The molecule has 2 N–H and O–H groups in total. The van der Waals surface area contributed by atoms with E-state index in [0.29, 0.717) is 24.4 Å². The van der Waals surface area contributed by atoms with Crippen molar-refractivity contribution in [3.8, 4) is 0 Å². The summed E-state index contributed by atoms with van der Waals surface area (Å²) in [6.45, 7) is 9.20. The van der Waals surface area contributed by atoms with Crippen LogP contribution in [0.1, 0.15) is 50.9 Å². The Hall–Kier alpha value is -2.04. The van der Waals surface area contributed by atoms with E-state index in [9.17, 15) is 9.59 Å². The summed E-state index contributed by atoms with van der Waals surface area (Å²) in [5.74, 6) is -0.336. The molecule has 1 rings (SSSR count). The molecule has 0 unspecified atom stereocenters. The van der Waals surface area contributed by atoms with Gasteiger partial charge in [0.2, 0.25) is 0 Å². The second kappa shape index (κ2) is 8.41. The molecule has 0 saturated carbocycles. The first-order valence-electron chi connectivity index (χ1n) is 7.64. The number of hydrogen-bond donors (Lipinski definition) is 2. The van der Waals surface area contributed by atoms with Crippen LogP contribution >= 0.6 is 0 Å². The number of anilines is 1. The number of ether oxygens (including phenoxy) is 1. The van der Waals surface area contributed by atoms with E-state index >= 15 is 0 Å². The maximum absolute atomic E-state index is 11.7. The van der Waals surface area contributed by atoms with Gasteiger partial charge in [-0.1, -0.05) is 34.1 Å². The van der Waals surface area contributed by atoms with Crippen LogP contribution in [0.15, 0.2) is 24.3 Å². The molecule has 5 heteroatoms. The third-order valence-electron chi connectivity index (χ3n) is 2.89. The number of amides is 2. The predicted molar refractivity (Wildman–Crippen MR) is 88.1 cm³/mol. The van der Waals surface area contributed by atoms with E-state index in [-0.39, 0.29) is 17.4 Å². The molecule has 0 fully saturated rings. The minimum absolute atomic E-state index is 0.0312. The highest BCUT2D eigenvalue weighted by molar-refractivity contribution is 5.92. The Balaban J connectivity index is 2.47. The van der Waals surface area contributed by atoms with Crippen LogP contribution in [0.25, 0.3) is 0 Å². The number of esters is 1. The zero-order valence-electron chi connectivity index (χ0n) is 13.9. The molecule has 0 aromatic heterocycles. The largest absolute Gasteiger partial charge is 0.462 e. The van der Waals surface area contributed by atoms with Crippen LogP contribution in [0.3, 0.4) is 0 Å². The van der Waals surface area contributed by atoms with Crippen molar-refractivity contribution in [1.29, 1.82) is 0 Å². The Morgan fingerprint density at radius 3 is 2.32 bits per heavy atom. The SMILES string of the molecule is CCCCOC(=O)c1ccc(NC(=O)NCC(C)(C)C)cc1. The third kappa shape index (κ3) is 7.11. The fourth-order valence-electron chi connectivity index (χ4n) is 1.60. The van der Waals surface area contributed by atoms with Gasteiger partial charge in [-0.05, 0) is 36.1 Å². The topological polar surface area (TPSA) is 67.4 Å². The Morgan fingerprint density at radius 2 is 1.77 bits per heavy atom. The summed E-state index contributed by atoms with van der Waals surface area (Å²) in [5.41, 5.74) is 1.15. The van der Waals surface area contributed by atoms with Gasteiger partial charge in [0, 0.05) is 12.2 Å². The van der Waals surface area contributed by atoms with Gasteiger partial charge in [-0.2, -0.15) is 0 Å². The molecule has 0 radical (unpaired) electrons. The maximum Gasteiger partial charge on any atom is 0.338 e. The van der Waals surface area contributed by atoms with Gasteiger partial charge in [0.15, 0.2) is 0 Å². The van der Waals surface area contributed by atoms with Gasteiger partial charge in [0.1, 0.15) is 0 Å². The van der Waals surface area contributed by atoms with Crippen molar-refractivity contribution in [2.24, 2.45) is 5.41 Å². The van der Waals surface area contributed by atoms with Crippen LogP contribution in [-0.4, -0.2) is 25.2 Å². The van der Waals surface area contributed by atoms with Crippen LogP contribution in [0.5, 0.6) is 0 Å². The summed E-state index contributed by atoms with van der Waals surface area (Å²) in [6.07, 6.45) is 1.85. The summed E-state index contributed by atoms with van der Waals surface area (Å²) < 4.78 is 5.13. The first kappa shape index (κ1) is 18.0. The van der Waals surface area contributed by atoms with Crippen LogP contribution in [-0.2, 0) is 4.74 Å². The molecule has 122 valence electrons. The number of carbonyl (C=O) groups is 2. The number of carbonyl (C=O) groups excluding carboxylic acids is 2. The van der Waals surface area contributed by atoms with Gasteiger partial charge < -0.3 is 15.4 Å². The molecule has 0 aliphatic heterocycles. The van der Waals surface area contributed by atoms with Gasteiger partial charge in [-0.3, -0.25) is 0 Å². The van der Waals surface area contributed by atoms with Crippen LogP contribution < -0.4 is 10.6 Å². The highest BCUT2D eigenvalue weighted by atomic mass is 16.5. The van der Waals surface area contributed by atoms with Crippen molar-refractivity contribution in [2.45, 2.75) is 40.5 Å². The average Bonchev–Trinajstić information content (AvgIpc) is 2.45. The molecule has 0 atom stereocenters. The number of benzene rings is 1. The minimum Gasteiger partial charge on any atom is -0.462 e. The van der Waals surface area contributed by atoms with Gasteiger partial charge >= 0.3 is 12.0 Å². The standard InChI is InChI=1S/C17H26N2O3/c1-5-6-11-22-15(20)13-7-9-14(10-8-13)19-16(21)18-12-17(2,3)4/h7-10H,5-6,11-12H2,1-4H3,(H2,18,19,21). The molecule has 5 nitrogen and oxygen atoms in total. The molecule has 0 heterocycles. The third-order valence-corrected chi connectivity index (χ3v) is 2.89. The Bertz CT molecular complexity index is 490. The summed E-state index contributed by atoms with van der Waals surface area (Å²) >= 11 is 0. The lowest BCUT2D eigenvalue weighted by Crippen LogP contribution is -2.35. The highest BCUT2D eigenvalue weighted by Crippen LogP contribution is 2.12. The number of urea groups is 1. The molecule has 0 aliphatic rings. The predicted octanol–water partition coefficient (Wildman–Crippen LogP) is 3.81. The Morgan fingerprint density at radius 1 is 1.14 bits per heavy atom. The van der Waals surface area contributed by atoms with Gasteiger partial charge in [0.25, 0.3) is 0 Å². The molecule has 1 aromatic rings. The lowest BCUT2D eigenvalue weighted by Gasteiger charge is -2.18. The summed E-state index contributed by atoms with van der Waals surface area (Å²) in [6, 6.07) is 6.41. The second-order valence-electron chi connectivity index (χ2n) is 6.44. The number of rotatable bonds is 6. The highest BCUT2D eigenvalue weighted by Gasteiger charge is 2.12. The molecule has 2 amide bonds. The van der Waals surface area contributed by atoms with Crippen LogP contribution in [0.2, 0.25) is 0 Å². The van der Waals surface area contributed by atoms with E-state index in [2.05, 4.69) is 10.6 Å². The second-order valence-corrected chi connectivity index (χ2v) is 6.44. The van der Waals surface area contributed by atoms with Crippen molar-refractivity contribution in [3.05, 3.63) is 29.8 Å². The fraction of sp³-hybridized carbons (Fsp3) is 0.529. The lowest BCUT2D eigenvalue weighted by atomic mass is 9.97. The first-order valence-corrected chi connectivity index (χ1v) is 7.64. The minimum atomic E-state index is -0.336. The van der Waals surface area contributed by atoms with E-state index in [1.807, 2.05) is 27.7 Å². The molecule has 22 heavy (non-hydrogen) atoms. The van der Waals surface area contributed by atoms with Crippen LogP contribution in [0, 0.1) is 5.41 Å². The summed E-state index contributed by atoms with van der Waals surface area (Å²) in [7, 11) is 0. The Kier molecular flexibility index (Phi) is 6.89. The fourth-order valence-corrected chi connectivity index (χ4v) is 1.60. The maximum atomic E-state index is 11.7. The van der Waals surface area contributed by atoms with Crippen molar-refractivity contribution in [3.63, 3.8) is 0 Å². The van der Waals surface area contributed by atoms with Gasteiger partial charge in [0.05, 0.1) is 12.2 Å². The normalized spacial score (nSPS) is 10.9. The summed E-state index contributed by atoms with van der Waals surface area (Å²) in [5, 5.41) is 5.53. The van der Waals surface area contributed by atoms with E-state index in [0.717, 1.165) is 12.8 Å². The summed E-state index contributed by atoms with van der Waals surface area (Å²) in [4.78, 5) is 23.5. The van der Waals surface area contributed by atoms with E-state index in [1.165, 1.54) is 0 Å². The molecular weight excluding hydrogens is 280 g/mol.